The Labute approximate surface area is 194 Å². The van der Waals surface area contributed by atoms with Gasteiger partial charge in [-0.05, 0) is 44.1 Å². The molecule has 0 spiro atoms. The number of nitrogens with zero attached hydrogens (tertiary/aromatic N) is 5. The van der Waals surface area contributed by atoms with E-state index < -0.39 is 11.7 Å². The lowest BCUT2D eigenvalue weighted by Crippen LogP contribution is -2.46. The first-order chi connectivity index (χ1) is 15.6. The molecule has 1 saturated heterocycles. The zero-order valence-corrected chi connectivity index (χ0v) is 19.2. The highest BCUT2D eigenvalue weighted by molar-refractivity contribution is 7.80. The third-order valence-corrected chi connectivity index (χ3v) is 5.83. The van der Waals surface area contributed by atoms with Crippen LogP contribution in [0.2, 0.25) is 0 Å². The first-order valence-electron chi connectivity index (χ1n) is 10.2. The minimum absolute atomic E-state index is 0.0468. The van der Waals surface area contributed by atoms with Crippen LogP contribution in [-0.2, 0) is 22.8 Å². The van der Waals surface area contributed by atoms with Gasteiger partial charge >= 0.3 is 12.1 Å². The number of alkyl halides is 3. The summed E-state index contributed by atoms with van der Waals surface area (Å²) in [4.78, 5) is 13.6. The molecule has 0 unspecified atom stereocenters. The van der Waals surface area contributed by atoms with Gasteiger partial charge in [-0.2, -0.15) is 23.3 Å². The number of anilines is 1. The van der Waals surface area contributed by atoms with Gasteiger partial charge in [0.25, 0.3) is 0 Å². The van der Waals surface area contributed by atoms with Crippen molar-refractivity contribution in [1.29, 1.82) is 0 Å². The van der Waals surface area contributed by atoms with Crippen LogP contribution >= 0.6 is 12.2 Å². The first kappa shape index (κ1) is 24.5. The molecule has 2 aromatic rings. The molecule has 0 radical (unpaired) electrons. The lowest BCUT2D eigenvalue weighted by Gasteiger charge is -2.34. The number of benzene rings is 1. The maximum Gasteiger partial charge on any atom is 0.416 e. The van der Waals surface area contributed by atoms with Gasteiger partial charge in [0.2, 0.25) is 5.82 Å². The van der Waals surface area contributed by atoms with Crippen molar-refractivity contribution in [2.45, 2.75) is 25.9 Å². The van der Waals surface area contributed by atoms with Crippen LogP contribution in [-0.4, -0.2) is 57.3 Å². The molecule has 0 aliphatic carbocycles. The quantitative estimate of drug-likeness (QED) is 0.307. The number of aromatic nitrogens is 2. The SMILES string of the molecule is CC=NN(C(=S)N1CCC(C(=O)OC)CC1)c1nn(C)c(-c2ccc(C(F)(F)F)cc2)c1O. The lowest BCUT2D eigenvalue weighted by molar-refractivity contribution is -0.146. The number of aryl methyl sites for hydroxylation is 1. The zero-order valence-electron chi connectivity index (χ0n) is 18.3. The summed E-state index contributed by atoms with van der Waals surface area (Å²) in [5.41, 5.74) is -0.212. The fraction of sp³-hybridized carbons (Fsp3) is 0.429. The third-order valence-electron chi connectivity index (χ3n) is 5.40. The molecule has 3 rings (SSSR count). The monoisotopic (exact) mass is 483 g/mol. The molecule has 1 fully saturated rings. The minimum Gasteiger partial charge on any atom is -0.503 e. The molecule has 33 heavy (non-hydrogen) atoms. The summed E-state index contributed by atoms with van der Waals surface area (Å²) < 4.78 is 44.9. The molecule has 1 aliphatic rings. The van der Waals surface area contributed by atoms with Crippen molar-refractivity contribution >= 4 is 35.3 Å². The first-order valence-corrected chi connectivity index (χ1v) is 10.6. The number of ether oxygens (including phenoxy) is 1. The largest absolute Gasteiger partial charge is 0.503 e. The Morgan fingerprint density at radius 1 is 1.30 bits per heavy atom. The number of piperidine rings is 1. The average Bonchev–Trinajstić information content (AvgIpc) is 3.09. The second kappa shape index (κ2) is 9.77. The van der Waals surface area contributed by atoms with E-state index in [2.05, 4.69) is 10.2 Å². The van der Waals surface area contributed by atoms with Crippen LogP contribution in [0.3, 0.4) is 0 Å². The number of hydrazone groups is 1. The van der Waals surface area contributed by atoms with Crippen molar-refractivity contribution in [3.63, 3.8) is 0 Å². The number of likely N-dealkylation sites (tertiary alicyclic amines) is 1. The average molecular weight is 484 g/mol. The highest BCUT2D eigenvalue weighted by atomic mass is 32.1. The van der Waals surface area contributed by atoms with Gasteiger partial charge in [0.15, 0.2) is 10.9 Å². The summed E-state index contributed by atoms with van der Waals surface area (Å²) in [6.45, 7) is 2.66. The molecule has 8 nitrogen and oxygen atoms in total. The van der Waals surface area contributed by atoms with E-state index in [-0.39, 0.29) is 34.3 Å². The fourth-order valence-corrected chi connectivity index (χ4v) is 4.02. The van der Waals surface area contributed by atoms with E-state index in [1.54, 1.807) is 14.0 Å². The molecule has 0 saturated carbocycles. The Hall–Kier alpha value is -3.15. The van der Waals surface area contributed by atoms with Crippen molar-refractivity contribution in [3.8, 4) is 17.0 Å². The van der Waals surface area contributed by atoms with Crippen molar-refractivity contribution < 1.29 is 27.8 Å². The Morgan fingerprint density at radius 3 is 2.42 bits per heavy atom. The summed E-state index contributed by atoms with van der Waals surface area (Å²) in [5.74, 6) is -0.681. The maximum absolute atomic E-state index is 12.9. The molecule has 1 N–H and O–H groups in total. The Kier molecular flexibility index (Phi) is 7.25. The molecule has 1 aliphatic heterocycles. The summed E-state index contributed by atoms with van der Waals surface area (Å²) >= 11 is 5.60. The summed E-state index contributed by atoms with van der Waals surface area (Å²) in [6.07, 6.45) is -1.86. The maximum atomic E-state index is 12.9. The van der Waals surface area contributed by atoms with Gasteiger partial charge in [-0.1, -0.05) is 12.1 Å². The molecule has 0 bridgehead atoms. The number of halogens is 3. The normalized spacial score (nSPS) is 15.2. The van der Waals surface area contributed by atoms with Gasteiger partial charge in [0.1, 0.15) is 5.69 Å². The fourth-order valence-electron chi connectivity index (χ4n) is 3.70. The predicted molar refractivity (Wildman–Crippen MR) is 121 cm³/mol. The predicted octanol–water partition coefficient (Wildman–Crippen LogP) is 3.79. The Bertz CT molecular complexity index is 1040. The molecular weight excluding hydrogens is 459 g/mol. The van der Waals surface area contributed by atoms with Crippen LogP contribution in [0.1, 0.15) is 25.3 Å². The number of carbonyl (C=O) groups excluding carboxylic acids is 1. The third kappa shape index (κ3) is 5.10. The van der Waals surface area contributed by atoms with Gasteiger partial charge in [0.05, 0.1) is 18.6 Å². The highest BCUT2D eigenvalue weighted by Gasteiger charge is 2.32. The number of hydrogen-bond acceptors (Lipinski definition) is 6. The molecule has 178 valence electrons. The van der Waals surface area contributed by atoms with Crippen molar-refractivity contribution in [2.24, 2.45) is 18.1 Å². The molecule has 0 atom stereocenters. The van der Waals surface area contributed by atoms with E-state index >= 15 is 0 Å². The van der Waals surface area contributed by atoms with Crippen molar-refractivity contribution in [1.82, 2.24) is 14.7 Å². The van der Waals surface area contributed by atoms with Crippen LogP contribution in [0.25, 0.3) is 11.3 Å². The van der Waals surface area contributed by atoms with Crippen LogP contribution in [0.15, 0.2) is 29.4 Å². The second-order valence-electron chi connectivity index (χ2n) is 7.47. The molecule has 1 aromatic carbocycles. The number of esters is 1. The summed E-state index contributed by atoms with van der Waals surface area (Å²) in [5, 5.41) is 21.1. The Balaban J connectivity index is 1.87. The van der Waals surface area contributed by atoms with Crippen LogP contribution in [0, 0.1) is 5.92 Å². The van der Waals surface area contributed by atoms with Crippen LogP contribution < -0.4 is 5.01 Å². The van der Waals surface area contributed by atoms with Crippen LogP contribution in [0.4, 0.5) is 19.0 Å². The zero-order chi connectivity index (χ0) is 24.3. The summed E-state index contributed by atoms with van der Waals surface area (Å²) in [7, 11) is 2.92. The van der Waals surface area contributed by atoms with Crippen LogP contribution in [0.5, 0.6) is 5.75 Å². The van der Waals surface area contributed by atoms with Gasteiger partial charge in [0, 0.05) is 31.9 Å². The van der Waals surface area contributed by atoms with E-state index in [9.17, 15) is 23.1 Å². The van der Waals surface area contributed by atoms with Crippen molar-refractivity contribution in [3.05, 3.63) is 29.8 Å². The standard InChI is InChI=1S/C21H24F3N5O3S/c1-4-25-29(20(33)28-11-9-14(10-12-28)19(31)32-3)18-17(30)16(27(2)26-18)13-5-7-15(8-6-13)21(22,23)24/h4-8,14,30H,9-12H2,1-3H3. The van der Waals surface area contributed by atoms with Gasteiger partial charge in [-0.15, -0.1) is 5.10 Å². The molecule has 12 heteroatoms. The number of rotatable bonds is 4. The number of aromatic hydroxyl groups is 1. The van der Waals surface area contributed by atoms with Crippen molar-refractivity contribution in [2.75, 3.05) is 25.2 Å². The lowest BCUT2D eigenvalue weighted by atomic mass is 9.97. The second-order valence-corrected chi connectivity index (χ2v) is 7.84. The molecule has 2 heterocycles. The van der Waals surface area contributed by atoms with Gasteiger partial charge in [-0.25, -0.2) is 0 Å². The molecule has 0 amide bonds. The van der Waals surface area contributed by atoms with Gasteiger partial charge < -0.3 is 14.7 Å². The summed E-state index contributed by atoms with van der Waals surface area (Å²) in [6, 6.07) is 4.43. The number of carbonyl (C=O) groups is 1. The molecule has 1 aromatic heterocycles. The van der Waals surface area contributed by atoms with E-state index in [1.807, 2.05) is 4.90 Å². The number of thiocarbonyl (C=S) groups is 1. The Morgan fingerprint density at radius 2 is 1.91 bits per heavy atom. The number of hydrogen-bond donors (Lipinski definition) is 1. The highest BCUT2D eigenvalue weighted by Crippen LogP contribution is 2.39. The van der Waals surface area contributed by atoms with E-state index in [4.69, 9.17) is 17.0 Å². The number of methoxy groups -OCH3 is 1. The van der Waals surface area contributed by atoms with E-state index in [0.717, 1.165) is 12.1 Å². The smallest absolute Gasteiger partial charge is 0.416 e. The minimum atomic E-state index is -4.46. The van der Waals surface area contributed by atoms with Gasteiger partial charge in [-0.3, -0.25) is 9.48 Å². The van der Waals surface area contributed by atoms with E-state index in [0.29, 0.717) is 31.5 Å². The van der Waals surface area contributed by atoms with E-state index in [1.165, 1.54) is 35.1 Å². The topological polar surface area (TPSA) is 83.2 Å². The molecular formula is C21H24F3N5O3S.